The quantitative estimate of drug-likeness (QED) is 0.424. The molecule has 3 aromatic rings. The van der Waals surface area contributed by atoms with Crippen molar-refractivity contribution in [3.63, 3.8) is 0 Å². The van der Waals surface area contributed by atoms with Crippen molar-refractivity contribution in [2.24, 2.45) is 0 Å². The Morgan fingerprint density at radius 1 is 0.771 bits per heavy atom. The maximum Gasteiger partial charge on any atom is 0.261 e. The van der Waals surface area contributed by atoms with Crippen molar-refractivity contribution < 1.29 is 13.2 Å². The summed E-state index contributed by atoms with van der Waals surface area (Å²) in [5, 5.41) is 2.96. The van der Waals surface area contributed by atoms with Crippen molar-refractivity contribution in [2.45, 2.75) is 17.9 Å². The van der Waals surface area contributed by atoms with Crippen molar-refractivity contribution in [3.05, 3.63) is 96.1 Å². The number of hydrogen-bond acceptors (Lipinski definition) is 5. The minimum Gasteiger partial charge on any atom is -0.352 e. The third kappa shape index (κ3) is 7.39. The van der Waals surface area contributed by atoms with E-state index in [1.165, 1.54) is 17.7 Å². The van der Waals surface area contributed by atoms with Crippen LogP contribution in [-0.2, 0) is 16.6 Å². The largest absolute Gasteiger partial charge is 0.352 e. The molecule has 8 heteroatoms. The first kappa shape index (κ1) is 24.9. The Morgan fingerprint density at radius 2 is 1.37 bits per heavy atom. The van der Waals surface area contributed by atoms with Crippen molar-refractivity contribution >= 4 is 21.6 Å². The highest BCUT2D eigenvalue weighted by atomic mass is 32.2. The highest BCUT2D eigenvalue weighted by Crippen LogP contribution is 2.16. The van der Waals surface area contributed by atoms with Gasteiger partial charge >= 0.3 is 0 Å². The Balaban J connectivity index is 1.15. The van der Waals surface area contributed by atoms with E-state index in [1.54, 1.807) is 42.5 Å². The minimum absolute atomic E-state index is 0.157. The smallest absolute Gasteiger partial charge is 0.261 e. The van der Waals surface area contributed by atoms with E-state index in [1.807, 2.05) is 6.07 Å². The molecule has 0 saturated carbocycles. The SMILES string of the molecule is O=C(NCCCN1CCN(Cc2ccccc2)CC1)c1ccc(NS(=O)(=O)c2ccccc2)cc1. The molecule has 1 saturated heterocycles. The minimum atomic E-state index is -3.65. The van der Waals surface area contributed by atoms with Crippen LogP contribution in [0.3, 0.4) is 0 Å². The number of carbonyl (C=O) groups excluding carboxylic acids is 1. The standard InChI is InChI=1S/C27H32N4O3S/c32-27(24-12-14-25(15-13-24)29-35(33,34)26-10-5-2-6-11-26)28-16-7-17-30-18-20-31(21-19-30)22-23-8-3-1-4-9-23/h1-6,8-15,29H,7,16-22H2,(H,28,32). The lowest BCUT2D eigenvalue weighted by atomic mass is 10.2. The summed E-state index contributed by atoms with van der Waals surface area (Å²) in [4.78, 5) is 17.6. The van der Waals surface area contributed by atoms with Gasteiger partial charge in [-0.1, -0.05) is 48.5 Å². The molecule has 184 valence electrons. The number of piperazine rings is 1. The number of anilines is 1. The maximum absolute atomic E-state index is 12.5. The van der Waals surface area contributed by atoms with Gasteiger partial charge < -0.3 is 10.2 Å². The zero-order chi connectivity index (χ0) is 24.5. The molecule has 0 aromatic heterocycles. The predicted octanol–water partition coefficient (Wildman–Crippen LogP) is 3.43. The Kier molecular flexibility index (Phi) is 8.52. The number of benzene rings is 3. The van der Waals surface area contributed by atoms with Gasteiger partial charge in [0.2, 0.25) is 0 Å². The first-order chi connectivity index (χ1) is 17.0. The molecule has 1 heterocycles. The average molecular weight is 493 g/mol. The van der Waals surface area contributed by atoms with Gasteiger partial charge in [-0.15, -0.1) is 0 Å². The van der Waals surface area contributed by atoms with E-state index in [2.05, 4.69) is 44.1 Å². The van der Waals surface area contributed by atoms with E-state index < -0.39 is 10.0 Å². The molecular weight excluding hydrogens is 460 g/mol. The molecule has 2 N–H and O–H groups in total. The van der Waals surface area contributed by atoms with Crippen molar-refractivity contribution in [1.29, 1.82) is 0 Å². The molecule has 3 aromatic carbocycles. The Morgan fingerprint density at radius 3 is 2.03 bits per heavy atom. The van der Waals surface area contributed by atoms with Gasteiger partial charge in [-0.25, -0.2) is 8.42 Å². The Hall–Kier alpha value is -3.20. The molecule has 0 unspecified atom stereocenters. The lowest BCUT2D eigenvalue weighted by Gasteiger charge is -2.34. The third-order valence-electron chi connectivity index (χ3n) is 6.10. The van der Waals surface area contributed by atoms with Gasteiger partial charge in [0, 0.05) is 50.5 Å². The maximum atomic E-state index is 12.5. The number of nitrogens with zero attached hydrogens (tertiary/aromatic N) is 2. The normalized spacial score (nSPS) is 15.0. The third-order valence-corrected chi connectivity index (χ3v) is 7.50. The van der Waals surface area contributed by atoms with Crippen LogP contribution in [0, 0.1) is 0 Å². The predicted molar refractivity (Wildman–Crippen MR) is 139 cm³/mol. The van der Waals surface area contributed by atoms with Gasteiger partial charge in [-0.05, 0) is 54.9 Å². The van der Waals surface area contributed by atoms with E-state index in [4.69, 9.17) is 0 Å². The van der Waals surface area contributed by atoms with Crippen LogP contribution in [-0.4, -0.2) is 63.4 Å². The van der Waals surface area contributed by atoms with E-state index >= 15 is 0 Å². The number of hydrogen-bond donors (Lipinski definition) is 2. The molecule has 1 aliphatic rings. The van der Waals surface area contributed by atoms with E-state index in [0.29, 0.717) is 17.8 Å². The molecule has 0 spiro atoms. The van der Waals surface area contributed by atoms with Crippen molar-refractivity contribution in [3.8, 4) is 0 Å². The van der Waals surface area contributed by atoms with Crippen LogP contribution in [0.2, 0.25) is 0 Å². The summed E-state index contributed by atoms with van der Waals surface area (Å²) >= 11 is 0. The highest BCUT2D eigenvalue weighted by Gasteiger charge is 2.17. The molecule has 0 radical (unpaired) electrons. The second-order valence-corrected chi connectivity index (χ2v) is 10.4. The zero-order valence-electron chi connectivity index (χ0n) is 19.8. The van der Waals surface area contributed by atoms with Gasteiger partial charge in [0.15, 0.2) is 0 Å². The number of nitrogens with one attached hydrogen (secondary N) is 2. The van der Waals surface area contributed by atoms with Gasteiger partial charge in [-0.3, -0.25) is 14.4 Å². The molecule has 7 nitrogen and oxygen atoms in total. The summed E-state index contributed by atoms with van der Waals surface area (Å²) in [6.07, 6.45) is 0.888. The summed E-state index contributed by atoms with van der Waals surface area (Å²) in [6.45, 7) is 6.76. The van der Waals surface area contributed by atoms with E-state index in [9.17, 15) is 13.2 Å². The Labute approximate surface area is 207 Å². The molecule has 1 fully saturated rings. The fourth-order valence-electron chi connectivity index (χ4n) is 4.12. The highest BCUT2D eigenvalue weighted by molar-refractivity contribution is 7.92. The summed E-state index contributed by atoms with van der Waals surface area (Å²) < 4.78 is 27.4. The van der Waals surface area contributed by atoms with Gasteiger partial charge in [0.05, 0.1) is 4.90 Å². The fourth-order valence-corrected chi connectivity index (χ4v) is 5.20. The first-order valence-electron chi connectivity index (χ1n) is 11.9. The topological polar surface area (TPSA) is 81.8 Å². The summed E-state index contributed by atoms with van der Waals surface area (Å²) in [5.74, 6) is -0.157. The van der Waals surface area contributed by atoms with E-state index in [-0.39, 0.29) is 10.8 Å². The molecule has 1 amide bonds. The summed E-state index contributed by atoms with van der Waals surface area (Å²) in [5.41, 5.74) is 2.27. The summed E-state index contributed by atoms with van der Waals surface area (Å²) in [7, 11) is -3.65. The van der Waals surface area contributed by atoms with Crippen LogP contribution >= 0.6 is 0 Å². The molecule has 0 bridgehead atoms. The second kappa shape index (κ2) is 12.0. The van der Waals surface area contributed by atoms with Crippen LogP contribution in [0.4, 0.5) is 5.69 Å². The first-order valence-corrected chi connectivity index (χ1v) is 13.4. The monoisotopic (exact) mass is 492 g/mol. The van der Waals surface area contributed by atoms with Gasteiger partial charge in [0.1, 0.15) is 0 Å². The number of amides is 1. The fraction of sp³-hybridized carbons (Fsp3) is 0.296. The molecule has 4 rings (SSSR count). The molecular formula is C27H32N4O3S. The van der Waals surface area contributed by atoms with Crippen molar-refractivity contribution in [1.82, 2.24) is 15.1 Å². The molecule has 0 aliphatic carbocycles. The second-order valence-electron chi connectivity index (χ2n) is 8.71. The van der Waals surface area contributed by atoms with Crippen LogP contribution < -0.4 is 10.0 Å². The van der Waals surface area contributed by atoms with Gasteiger partial charge in [0.25, 0.3) is 15.9 Å². The van der Waals surface area contributed by atoms with Crippen LogP contribution in [0.15, 0.2) is 89.8 Å². The van der Waals surface area contributed by atoms with Gasteiger partial charge in [-0.2, -0.15) is 0 Å². The molecule has 35 heavy (non-hydrogen) atoms. The summed E-state index contributed by atoms with van der Waals surface area (Å²) in [6, 6.07) is 25.2. The number of sulfonamides is 1. The number of rotatable bonds is 10. The lowest BCUT2D eigenvalue weighted by molar-refractivity contribution is 0.0947. The number of carbonyl (C=O) groups is 1. The van der Waals surface area contributed by atoms with Crippen LogP contribution in [0.1, 0.15) is 22.3 Å². The lowest BCUT2D eigenvalue weighted by Crippen LogP contribution is -2.46. The Bertz CT molecular complexity index is 1180. The van der Waals surface area contributed by atoms with Crippen molar-refractivity contribution in [2.75, 3.05) is 44.0 Å². The van der Waals surface area contributed by atoms with E-state index in [0.717, 1.165) is 45.7 Å². The molecule has 0 atom stereocenters. The van der Waals surface area contributed by atoms with Crippen LogP contribution in [0.25, 0.3) is 0 Å². The zero-order valence-corrected chi connectivity index (χ0v) is 20.6. The average Bonchev–Trinajstić information content (AvgIpc) is 2.89. The molecule has 1 aliphatic heterocycles. The van der Waals surface area contributed by atoms with Crippen LogP contribution in [0.5, 0.6) is 0 Å².